The molecule has 6 nitrogen and oxygen atoms in total. The molecule has 0 fully saturated rings. The fourth-order valence-corrected chi connectivity index (χ4v) is 5.57. The minimum Gasteiger partial charge on any atom is -0.494 e. The Morgan fingerprint density at radius 2 is 1.37 bits per heavy atom. The van der Waals surface area contributed by atoms with E-state index in [-0.39, 0.29) is 11.3 Å². The Labute approximate surface area is 224 Å². The first-order chi connectivity index (χ1) is 18.4. The number of sulfonamides is 1. The molecular weight excluding hydrogens is 496 g/mol. The molecule has 4 aromatic carbocycles. The minimum absolute atomic E-state index is 0.0759. The number of rotatable bonds is 11. The molecule has 0 aromatic heterocycles. The molecule has 4 rings (SSSR count). The number of carbonyl (C=O) groups is 1. The molecule has 0 aliphatic carbocycles. The van der Waals surface area contributed by atoms with E-state index in [1.165, 1.54) is 6.07 Å². The van der Waals surface area contributed by atoms with Crippen molar-refractivity contribution in [3.05, 3.63) is 131 Å². The number of aryl methyl sites for hydroxylation is 1. The van der Waals surface area contributed by atoms with Crippen molar-refractivity contribution in [3.8, 4) is 5.75 Å². The summed E-state index contributed by atoms with van der Waals surface area (Å²) in [5, 5.41) is 3.10. The van der Waals surface area contributed by atoms with Crippen molar-refractivity contribution in [3.63, 3.8) is 0 Å². The van der Waals surface area contributed by atoms with Crippen LogP contribution in [-0.2, 0) is 21.2 Å². The van der Waals surface area contributed by atoms with E-state index in [4.69, 9.17) is 4.74 Å². The van der Waals surface area contributed by atoms with Crippen LogP contribution >= 0.6 is 0 Å². The zero-order valence-electron chi connectivity index (χ0n) is 21.5. The van der Waals surface area contributed by atoms with Gasteiger partial charge < -0.3 is 10.1 Å². The maximum absolute atomic E-state index is 13.8. The molecule has 0 saturated heterocycles. The third kappa shape index (κ3) is 6.88. The highest BCUT2D eigenvalue weighted by atomic mass is 32.2. The topological polar surface area (TPSA) is 84.5 Å². The maximum atomic E-state index is 13.8. The number of carbonyl (C=O) groups excluding carboxylic acids is 1. The second kappa shape index (κ2) is 12.5. The van der Waals surface area contributed by atoms with Gasteiger partial charge in [-0.25, -0.2) is 8.42 Å². The van der Waals surface area contributed by atoms with E-state index in [1.54, 1.807) is 19.1 Å². The molecule has 38 heavy (non-hydrogen) atoms. The predicted molar refractivity (Wildman–Crippen MR) is 149 cm³/mol. The van der Waals surface area contributed by atoms with Gasteiger partial charge in [0.2, 0.25) is 15.9 Å². The number of hydrogen-bond acceptors (Lipinski definition) is 4. The number of amides is 1. The molecule has 2 N–H and O–H groups in total. The van der Waals surface area contributed by atoms with Crippen LogP contribution in [0.4, 0.5) is 0 Å². The lowest BCUT2D eigenvalue weighted by Crippen LogP contribution is -2.49. The second-order valence-corrected chi connectivity index (χ2v) is 10.7. The fourth-order valence-electron chi connectivity index (χ4n) is 4.29. The van der Waals surface area contributed by atoms with E-state index in [0.717, 1.165) is 16.7 Å². The molecule has 0 bridgehead atoms. The Morgan fingerprint density at radius 1 is 0.816 bits per heavy atom. The van der Waals surface area contributed by atoms with Crippen molar-refractivity contribution in [2.75, 3.05) is 6.61 Å². The summed E-state index contributed by atoms with van der Waals surface area (Å²) < 4.78 is 35.1. The molecule has 0 aliphatic heterocycles. The Kier molecular flexibility index (Phi) is 8.94. The summed E-state index contributed by atoms with van der Waals surface area (Å²) in [4.78, 5) is 13.8. The molecule has 7 heteroatoms. The van der Waals surface area contributed by atoms with Crippen molar-refractivity contribution in [2.24, 2.45) is 0 Å². The maximum Gasteiger partial charge on any atom is 0.241 e. The van der Waals surface area contributed by atoms with Crippen LogP contribution in [-0.4, -0.2) is 27.0 Å². The number of nitrogens with one attached hydrogen (secondary N) is 2. The molecule has 1 atom stereocenters. The van der Waals surface area contributed by atoms with Crippen LogP contribution in [0.2, 0.25) is 0 Å². The zero-order valence-corrected chi connectivity index (χ0v) is 22.3. The van der Waals surface area contributed by atoms with Crippen molar-refractivity contribution in [1.82, 2.24) is 10.0 Å². The second-order valence-electron chi connectivity index (χ2n) is 8.99. The smallest absolute Gasteiger partial charge is 0.241 e. The van der Waals surface area contributed by atoms with E-state index in [1.807, 2.05) is 97.9 Å². The van der Waals surface area contributed by atoms with Gasteiger partial charge in [0.15, 0.2) is 0 Å². The van der Waals surface area contributed by atoms with Crippen molar-refractivity contribution < 1.29 is 17.9 Å². The Bertz CT molecular complexity index is 1400. The van der Waals surface area contributed by atoms with Crippen LogP contribution in [0.5, 0.6) is 5.75 Å². The average molecular weight is 529 g/mol. The largest absolute Gasteiger partial charge is 0.494 e. The third-order valence-corrected chi connectivity index (χ3v) is 7.67. The summed E-state index contributed by atoms with van der Waals surface area (Å²) >= 11 is 0. The summed E-state index contributed by atoms with van der Waals surface area (Å²) in [6.07, 6.45) is 0.193. The van der Waals surface area contributed by atoms with E-state index in [0.29, 0.717) is 17.9 Å². The third-order valence-electron chi connectivity index (χ3n) is 6.21. The highest BCUT2D eigenvalue weighted by Crippen LogP contribution is 2.24. The predicted octanol–water partition coefficient (Wildman–Crippen LogP) is 5.19. The highest BCUT2D eigenvalue weighted by Gasteiger charge is 2.29. The molecule has 4 aromatic rings. The van der Waals surface area contributed by atoms with E-state index in [9.17, 15) is 13.2 Å². The van der Waals surface area contributed by atoms with Crippen LogP contribution in [0, 0.1) is 6.92 Å². The lowest BCUT2D eigenvalue weighted by Gasteiger charge is -2.24. The molecule has 0 unspecified atom stereocenters. The summed E-state index contributed by atoms with van der Waals surface area (Å²) in [6.45, 7) is 4.15. The SMILES string of the molecule is CCOc1ccc(S(=O)(=O)N[C@@H](Cc2ccccc2)C(=O)NC(c2ccccc2)c2ccccc2)cc1C. The van der Waals surface area contributed by atoms with E-state index < -0.39 is 28.0 Å². The van der Waals surface area contributed by atoms with Crippen LogP contribution in [0.25, 0.3) is 0 Å². The van der Waals surface area contributed by atoms with Gasteiger partial charge in [-0.05, 0) is 60.7 Å². The summed E-state index contributed by atoms with van der Waals surface area (Å²) in [5.41, 5.74) is 3.34. The van der Waals surface area contributed by atoms with Crippen LogP contribution < -0.4 is 14.8 Å². The summed E-state index contributed by atoms with van der Waals surface area (Å²) in [7, 11) is -4.01. The van der Waals surface area contributed by atoms with Crippen molar-refractivity contribution in [2.45, 2.75) is 37.2 Å². The zero-order chi connectivity index (χ0) is 27.0. The lowest BCUT2D eigenvalue weighted by molar-refractivity contribution is -0.123. The molecule has 0 aliphatic rings. The quantitative estimate of drug-likeness (QED) is 0.281. The standard InChI is InChI=1S/C31H32N2O4S/c1-3-37-29-20-19-27(21-23(29)2)38(35,36)33-28(22-24-13-7-4-8-14-24)31(34)32-30(25-15-9-5-10-16-25)26-17-11-6-12-18-26/h4-21,28,30,33H,3,22H2,1-2H3,(H,32,34)/t28-/m0/s1. The Morgan fingerprint density at radius 3 is 1.89 bits per heavy atom. The van der Waals surface area contributed by atoms with Crippen molar-refractivity contribution in [1.29, 1.82) is 0 Å². The fraction of sp³-hybridized carbons (Fsp3) is 0.194. The Hall–Kier alpha value is -3.94. The molecule has 0 heterocycles. The van der Waals surface area contributed by atoms with Gasteiger partial charge in [-0.1, -0.05) is 91.0 Å². The average Bonchev–Trinajstić information content (AvgIpc) is 2.94. The van der Waals surface area contributed by atoms with Gasteiger partial charge in [0.25, 0.3) is 0 Å². The monoisotopic (exact) mass is 528 g/mol. The molecular formula is C31H32N2O4S. The van der Waals surface area contributed by atoms with E-state index >= 15 is 0 Å². The summed E-state index contributed by atoms with van der Waals surface area (Å²) in [5.74, 6) is 0.205. The Balaban J connectivity index is 1.65. The number of benzene rings is 4. The highest BCUT2D eigenvalue weighted by molar-refractivity contribution is 7.89. The van der Waals surface area contributed by atoms with E-state index in [2.05, 4.69) is 10.0 Å². The first-order valence-electron chi connectivity index (χ1n) is 12.6. The normalized spacial score (nSPS) is 12.2. The molecule has 0 saturated carbocycles. The minimum atomic E-state index is -4.01. The van der Waals surface area contributed by atoms with Crippen LogP contribution in [0.3, 0.4) is 0 Å². The number of hydrogen-bond donors (Lipinski definition) is 2. The van der Waals surface area contributed by atoms with Gasteiger partial charge in [-0.2, -0.15) is 4.72 Å². The first-order valence-corrected chi connectivity index (χ1v) is 14.1. The lowest BCUT2D eigenvalue weighted by atomic mass is 9.97. The van der Waals surface area contributed by atoms with Gasteiger partial charge >= 0.3 is 0 Å². The van der Waals surface area contributed by atoms with Gasteiger partial charge in [0.05, 0.1) is 17.5 Å². The van der Waals surface area contributed by atoms with Gasteiger partial charge in [0.1, 0.15) is 11.8 Å². The van der Waals surface area contributed by atoms with Crippen LogP contribution in [0.1, 0.15) is 35.2 Å². The van der Waals surface area contributed by atoms with Gasteiger partial charge in [-0.3, -0.25) is 4.79 Å². The first kappa shape index (κ1) is 27.1. The molecule has 0 spiro atoms. The van der Waals surface area contributed by atoms with Crippen LogP contribution in [0.15, 0.2) is 114 Å². The molecule has 0 radical (unpaired) electrons. The number of ether oxygens (including phenoxy) is 1. The van der Waals surface area contributed by atoms with Gasteiger partial charge in [0, 0.05) is 0 Å². The molecule has 1 amide bonds. The van der Waals surface area contributed by atoms with Gasteiger partial charge in [-0.15, -0.1) is 0 Å². The molecule has 196 valence electrons. The van der Waals surface area contributed by atoms with Crippen molar-refractivity contribution >= 4 is 15.9 Å². The summed E-state index contributed by atoms with van der Waals surface area (Å²) in [6, 6.07) is 31.8.